The molecule has 0 saturated carbocycles. The predicted octanol–water partition coefficient (Wildman–Crippen LogP) is 4.22. The second kappa shape index (κ2) is 6.79. The zero-order chi connectivity index (χ0) is 14.7. The van der Waals surface area contributed by atoms with Gasteiger partial charge in [0.25, 0.3) is 0 Å². The van der Waals surface area contributed by atoms with E-state index in [2.05, 4.69) is 94.3 Å². The van der Waals surface area contributed by atoms with Gasteiger partial charge < -0.3 is 10.2 Å². The van der Waals surface area contributed by atoms with E-state index < -0.39 is 0 Å². The van der Waals surface area contributed by atoms with E-state index in [0.717, 1.165) is 13.1 Å². The third kappa shape index (κ3) is 3.40. The van der Waals surface area contributed by atoms with E-state index in [0.29, 0.717) is 12.1 Å². The molecule has 0 aliphatic carbocycles. The molecule has 1 fully saturated rings. The molecule has 1 saturated heterocycles. The largest absolute Gasteiger partial charge is 0.365 e. The highest BCUT2D eigenvalue weighted by Crippen LogP contribution is 2.27. The smallest absolute Gasteiger partial charge is 0.0499 e. The Bertz CT molecular complexity index is 568. The van der Waals surface area contributed by atoms with E-state index in [1.165, 1.54) is 21.2 Å². The minimum absolute atomic E-state index is 0.410. The molecule has 0 amide bonds. The lowest BCUT2D eigenvalue weighted by Gasteiger charge is -2.42. The molecule has 3 heteroatoms. The van der Waals surface area contributed by atoms with Gasteiger partial charge in [0.1, 0.15) is 0 Å². The van der Waals surface area contributed by atoms with Crippen LogP contribution in [0.4, 0.5) is 5.69 Å². The third-order valence-corrected chi connectivity index (χ3v) is 4.97. The van der Waals surface area contributed by atoms with Gasteiger partial charge in [0.2, 0.25) is 0 Å². The van der Waals surface area contributed by atoms with E-state index >= 15 is 0 Å². The molecule has 0 spiro atoms. The number of nitrogens with zero attached hydrogens (tertiary/aromatic N) is 1. The number of halogens is 1. The molecule has 0 bridgehead atoms. The fraction of sp³-hybridized carbons (Fsp3) is 0.333. The molecule has 2 nitrogen and oxygen atoms in total. The zero-order valence-corrected chi connectivity index (χ0v) is 14.5. The molecule has 2 unspecified atom stereocenters. The molecular formula is C18H21IN2. The molecule has 3 rings (SSSR count). The second-order valence-electron chi connectivity index (χ2n) is 5.56. The van der Waals surface area contributed by atoms with Gasteiger partial charge in [0.15, 0.2) is 0 Å². The van der Waals surface area contributed by atoms with Crippen LogP contribution in [0.5, 0.6) is 0 Å². The van der Waals surface area contributed by atoms with Crippen LogP contribution in [0.1, 0.15) is 24.9 Å². The fourth-order valence-corrected chi connectivity index (χ4v) is 3.38. The topological polar surface area (TPSA) is 15.3 Å². The first-order valence-electron chi connectivity index (χ1n) is 7.58. The van der Waals surface area contributed by atoms with Crippen LogP contribution in [0, 0.1) is 3.57 Å². The number of piperazine rings is 1. The van der Waals surface area contributed by atoms with Gasteiger partial charge in [-0.05, 0) is 58.8 Å². The maximum atomic E-state index is 3.70. The fourth-order valence-electron chi connectivity index (χ4n) is 3.02. The standard InChI is InChI=1S/C18H21IN2/c1-2-16-12-20-18(14-6-4-3-5-7-14)13-21(16)17-10-8-15(19)9-11-17/h3-11,16,18,20H,2,12-13H2,1H3. The summed E-state index contributed by atoms with van der Waals surface area (Å²) in [5.41, 5.74) is 2.72. The summed E-state index contributed by atoms with van der Waals surface area (Å²) in [5, 5.41) is 3.70. The Morgan fingerprint density at radius 3 is 2.48 bits per heavy atom. The molecule has 1 N–H and O–H groups in total. The lowest BCUT2D eigenvalue weighted by atomic mass is 10.00. The molecule has 1 heterocycles. The molecule has 0 aromatic heterocycles. The molecule has 2 atom stereocenters. The summed E-state index contributed by atoms with van der Waals surface area (Å²) >= 11 is 2.36. The predicted molar refractivity (Wildman–Crippen MR) is 97.8 cm³/mol. The maximum absolute atomic E-state index is 3.70. The van der Waals surface area contributed by atoms with Gasteiger partial charge in [-0.25, -0.2) is 0 Å². The highest BCUT2D eigenvalue weighted by Gasteiger charge is 2.27. The van der Waals surface area contributed by atoms with Crippen LogP contribution in [0.2, 0.25) is 0 Å². The second-order valence-corrected chi connectivity index (χ2v) is 6.81. The average molecular weight is 392 g/mol. The number of benzene rings is 2. The van der Waals surface area contributed by atoms with Crippen molar-refractivity contribution in [1.82, 2.24) is 5.32 Å². The summed E-state index contributed by atoms with van der Waals surface area (Å²) in [6, 6.07) is 20.6. The Balaban J connectivity index is 1.83. The molecule has 110 valence electrons. The van der Waals surface area contributed by atoms with Gasteiger partial charge in [0.05, 0.1) is 0 Å². The molecular weight excluding hydrogens is 371 g/mol. The molecule has 21 heavy (non-hydrogen) atoms. The molecule has 1 aliphatic rings. The first-order chi connectivity index (χ1) is 10.3. The Morgan fingerprint density at radius 1 is 1.10 bits per heavy atom. The minimum Gasteiger partial charge on any atom is -0.365 e. The summed E-state index contributed by atoms with van der Waals surface area (Å²) < 4.78 is 1.29. The van der Waals surface area contributed by atoms with Crippen molar-refractivity contribution in [2.75, 3.05) is 18.0 Å². The van der Waals surface area contributed by atoms with Crippen molar-refractivity contribution in [3.05, 3.63) is 63.7 Å². The summed E-state index contributed by atoms with van der Waals surface area (Å²) in [7, 11) is 0. The lowest BCUT2D eigenvalue weighted by Crippen LogP contribution is -2.52. The van der Waals surface area contributed by atoms with Crippen molar-refractivity contribution in [1.29, 1.82) is 0 Å². The highest BCUT2D eigenvalue weighted by molar-refractivity contribution is 14.1. The van der Waals surface area contributed by atoms with Crippen LogP contribution in [0.3, 0.4) is 0 Å². The van der Waals surface area contributed by atoms with E-state index in [-0.39, 0.29) is 0 Å². The molecule has 1 aliphatic heterocycles. The summed E-state index contributed by atoms with van der Waals surface area (Å²) in [5.74, 6) is 0. The lowest BCUT2D eigenvalue weighted by molar-refractivity contribution is 0.393. The number of hydrogen-bond acceptors (Lipinski definition) is 2. The maximum Gasteiger partial charge on any atom is 0.0499 e. The highest BCUT2D eigenvalue weighted by atomic mass is 127. The average Bonchev–Trinajstić information content (AvgIpc) is 2.56. The van der Waals surface area contributed by atoms with Crippen molar-refractivity contribution in [3.63, 3.8) is 0 Å². The Kier molecular flexibility index (Phi) is 4.80. The molecule has 2 aromatic carbocycles. The quantitative estimate of drug-likeness (QED) is 0.787. The van der Waals surface area contributed by atoms with Gasteiger partial charge in [-0.3, -0.25) is 0 Å². The Hall–Kier alpha value is -1.07. The van der Waals surface area contributed by atoms with Crippen LogP contribution in [0.15, 0.2) is 54.6 Å². The van der Waals surface area contributed by atoms with E-state index in [1.807, 2.05) is 0 Å². The summed E-state index contributed by atoms with van der Waals surface area (Å²) in [6.45, 7) is 4.35. The SMILES string of the molecule is CCC1CNC(c2ccccc2)CN1c1ccc(I)cc1. The van der Waals surface area contributed by atoms with Crippen LogP contribution in [0.25, 0.3) is 0 Å². The van der Waals surface area contributed by atoms with Crippen LogP contribution in [-0.2, 0) is 0 Å². The van der Waals surface area contributed by atoms with Gasteiger partial charge in [-0.15, -0.1) is 0 Å². The number of nitrogens with one attached hydrogen (secondary N) is 1. The van der Waals surface area contributed by atoms with Crippen LogP contribution < -0.4 is 10.2 Å². The monoisotopic (exact) mass is 392 g/mol. The van der Waals surface area contributed by atoms with E-state index in [9.17, 15) is 0 Å². The molecule has 2 aromatic rings. The van der Waals surface area contributed by atoms with Crippen molar-refractivity contribution in [2.24, 2.45) is 0 Å². The number of hydrogen-bond donors (Lipinski definition) is 1. The normalized spacial score (nSPS) is 22.3. The molecule has 0 radical (unpaired) electrons. The first kappa shape index (κ1) is 14.9. The van der Waals surface area contributed by atoms with Crippen LogP contribution in [-0.4, -0.2) is 19.1 Å². The van der Waals surface area contributed by atoms with Crippen molar-refractivity contribution in [2.45, 2.75) is 25.4 Å². The van der Waals surface area contributed by atoms with Crippen molar-refractivity contribution >= 4 is 28.3 Å². The summed E-state index contributed by atoms with van der Waals surface area (Å²) in [4.78, 5) is 2.56. The van der Waals surface area contributed by atoms with E-state index in [4.69, 9.17) is 0 Å². The van der Waals surface area contributed by atoms with Crippen molar-refractivity contribution in [3.8, 4) is 0 Å². The van der Waals surface area contributed by atoms with Crippen molar-refractivity contribution < 1.29 is 0 Å². The van der Waals surface area contributed by atoms with E-state index in [1.54, 1.807) is 0 Å². The van der Waals surface area contributed by atoms with Gasteiger partial charge in [-0.1, -0.05) is 37.3 Å². The first-order valence-corrected chi connectivity index (χ1v) is 8.66. The van der Waals surface area contributed by atoms with Gasteiger partial charge in [-0.2, -0.15) is 0 Å². The third-order valence-electron chi connectivity index (χ3n) is 4.25. The zero-order valence-electron chi connectivity index (χ0n) is 12.3. The van der Waals surface area contributed by atoms with Gasteiger partial charge >= 0.3 is 0 Å². The number of anilines is 1. The minimum atomic E-state index is 0.410. The van der Waals surface area contributed by atoms with Gasteiger partial charge in [0, 0.05) is 34.4 Å². The Morgan fingerprint density at radius 2 is 1.81 bits per heavy atom. The van der Waals surface area contributed by atoms with Crippen LogP contribution >= 0.6 is 22.6 Å². The summed E-state index contributed by atoms with van der Waals surface area (Å²) in [6.07, 6.45) is 1.17. The number of rotatable bonds is 3. The Labute approximate surface area is 140 Å².